The second kappa shape index (κ2) is 4.02. The molecule has 0 aliphatic heterocycles. The average molecular weight is 237 g/mol. The fraction of sp³-hybridized carbons (Fsp3) is 0.143. The number of nitrogen functional groups attached to an aromatic ring is 1. The number of halogens is 2. The molecule has 0 radical (unpaired) electrons. The van der Waals surface area contributed by atoms with E-state index in [9.17, 15) is 9.18 Å². The van der Waals surface area contributed by atoms with Crippen LogP contribution in [0.15, 0.2) is 4.90 Å². The molecule has 7 heteroatoms. The number of rotatable bonds is 2. The molecule has 0 aliphatic carbocycles. The third-order valence-electron chi connectivity index (χ3n) is 1.49. The number of pyridine rings is 1. The number of carboxylic acid groups (broad SMARTS) is 1. The molecule has 1 aromatic heterocycles. The molecule has 14 heavy (non-hydrogen) atoms. The van der Waals surface area contributed by atoms with Crippen LogP contribution in [0.4, 0.5) is 10.1 Å². The Labute approximate surface area is 88.3 Å². The molecule has 1 aromatic rings. The van der Waals surface area contributed by atoms with Crippen LogP contribution in [0.1, 0.15) is 10.5 Å². The Balaban J connectivity index is 3.51. The van der Waals surface area contributed by atoms with Crippen LogP contribution < -0.4 is 5.73 Å². The maximum absolute atomic E-state index is 13.1. The number of anilines is 1. The highest BCUT2D eigenvalue weighted by Crippen LogP contribution is 2.31. The van der Waals surface area contributed by atoms with E-state index < -0.39 is 16.9 Å². The van der Waals surface area contributed by atoms with Crippen molar-refractivity contribution in [3.8, 4) is 0 Å². The lowest BCUT2D eigenvalue weighted by atomic mass is 10.3. The lowest BCUT2D eigenvalue weighted by Gasteiger charge is -2.07. The molecule has 0 aromatic carbocycles. The smallest absolute Gasteiger partial charge is 0.355 e. The van der Waals surface area contributed by atoms with Crippen molar-refractivity contribution < 1.29 is 14.3 Å². The minimum atomic E-state index is -1.29. The molecule has 0 unspecified atom stereocenters. The molecule has 0 spiro atoms. The first kappa shape index (κ1) is 11.1. The molecule has 0 saturated heterocycles. The van der Waals surface area contributed by atoms with Gasteiger partial charge < -0.3 is 10.8 Å². The normalized spacial score (nSPS) is 10.2. The van der Waals surface area contributed by atoms with Crippen molar-refractivity contribution >= 4 is 35.0 Å². The van der Waals surface area contributed by atoms with Gasteiger partial charge in [0, 0.05) is 0 Å². The summed E-state index contributed by atoms with van der Waals surface area (Å²) in [5.74, 6) is -2.18. The maximum atomic E-state index is 13.1. The minimum absolute atomic E-state index is 0.0828. The van der Waals surface area contributed by atoms with Gasteiger partial charge in [0.15, 0.2) is 16.7 Å². The summed E-state index contributed by atoms with van der Waals surface area (Å²) in [6.07, 6.45) is 1.58. The zero-order valence-corrected chi connectivity index (χ0v) is 8.62. The van der Waals surface area contributed by atoms with Crippen LogP contribution in [-0.2, 0) is 0 Å². The molecule has 1 rings (SSSR count). The highest BCUT2D eigenvalue weighted by molar-refractivity contribution is 7.98. The number of nitrogens with zero attached hydrogens (tertiary/aromatic N) is 1. The summed E-state index contributed by atoms with van der Waals surface area (Å²) >= 11 is 6.36. The van der Waals surface area contributed by atoms with Gasteiger partial charge in [0.2, 0.25) is 0 Å². The summed E-state index contributed by atoms with van der Waals surface area (Å²) in [7, 11) is 0. The van der Waals surface area contributed by atoms with Crippen molar-refractivity contribution in [2.45, 2.75) is 4.90 Å². The molecule has 0 amide bonds. The fourth-order valence-corrected chi connectivity index (χ4v) is 1.71. The Morgan fingerprint density at radius 2 is 2.29 bits per heavy atom. The van der Waals surface area contributed by atoms with Crippen molar-refractivity contribution in [1.29, 1.82) is 0 Å². The molecule has 0 aliphatic rings. The van der Waals surface area contributed by atoms with Crippen LogP contribution in [-0.4, -0.2) is 22.3 Å². The molecule has 4 nitrogen and oxygen atoms in total. The average Bonchev–Trinajstić information content (AvgIpc) is 2.13. The van der Waals surface area contributed by atoms with E-state index in [2.05, 4.69) is 4.98 Å². The molecule has 3 N–H and O–H groups in total. The van der Waals surface area contributed by atoms with Gasteiger partial charge in [0.25, 0.3) is 0 Å². The number of hydrogen-bond acceptors (Lipinski definition) is 4. The van der Waals surface area contributed by atoms with E-state index in [0.29, 0.717) is 0 Å². The third kappa shape index (κ3) is 1.76. The van der Waals surface area contributed by atoms with Crippen LogP contribution in [0.25, 0.3) is 0 Å². The van der Waals surface area contributed by atoms with Gasteiger partial charge in [-0.2, -0.15) is 0 Å². The molecule has 76 valence electrons. The highest BCUT2D eigenvalue weighted by atomic mass is 35.5. The Hall–Kier alpha value is -1.01. The van der Waals surface area contributed by atoms with Crippen LogP contribution in [0.5, 0.6) is 0 Å². The van der Waals surface area contributed by atoms with E-state index in [1.54, 1.807) is 6.26 Å². The summed E-state index contributed by atoms with van der Waals surface area (Å²) in [4.78, 5) is 14.2. The zero-order valence-electron chi connectivity index (χ0n) is 7.04. The molecule has 0 saturated carbocycles. The molecular weight excluding hydrogens is 231 g/mol. The van der Waals surface area contributed by atoms with Crippen molar-refractivity contribution in [2.75, 3.05) is 12.0 Å². The lowest BCUT2D eigenvalue weighted by Crippen LogP contribution is -2.08. The zero-order chi connectivity index (χ0) is 10.9. The van der Waals surface area contributed by atoms with E-state index in [4.69, 9.17) is 22.4 Å². The van der Waals surface area contributed by atoms with Crippen molar-refractivity contribution in [2.24, 2.45) is 0 Å². The van der Waals surface area contributed by atoms with Gasteiger partial charge in [-0.25, -0.2) is 14.2 Å². The van der Waals surface area contributed by atoms with Crippen LogP contribution in [0.2, 0.25) is 5.15 Å². The Bertz CT molecular complexity index is 400. The van der Waals surface area contributed by atoms with E-state index in [1.807, 2.05) is 0 Å². The van der Waals surface area contributed by atoms with E-state index in [-0.39, 0.29) is 16.3 Å². The predicted molar refractivity (Wildman–Crippen MR) is 52.4 cm³/mol. The number of hydrogen-bond donors (Lipinski definition) is 2. The molecule has 1 heterocycles. The number of nitrogens with two attached hydrogens (primary N) is 1. The molecule has 0 bridgehead atoms. The van der Waals surface area contributed by atoms with Crippen molar-refractivity contribution in [3.05, 3.63) is 16.7 Å². The van der Waals surface area contributed by atoms with Gasteiger partial charge in [-0.3, -0.25) is 0 Å². The summed E-state index contributed by atoms with van der Waals surface area (Å²) in [5.41, 5.74) is 4.73. The van der Waals surface area contributed by atoms with Gasteiger partial charge in [0.05, 0.1) is 10.6 Å². The monoisotopic (exact) mass is 236 g/mol. The van der Waals surface area contributed by atoms with Gasteiger partial charge in [-0.15, -0.1) is 11.8 Å². The lowest BCUT2D eigenvalue weighted by molar-refractivity contribution is 0.0686. The summed E-state index contributed by atoms with van der Waals surface area (Å²) in [5, 5.41) is 8.19. The van der Waals surface area contributed by atoms with Crippen LogP contribution >= 0.6 is 23.4 Å². The molecular formula is C7H6ClFN2O2S. The van der Waals surface area contributed by atoms with Crippen molar-refractivity contribution in [1.82, 2.24) is 4.98 Å². The standard InChI is InChI=1S/C7H6ClFN2O2S/c1-14-5-3(10)2(9)6(8)11-4(5)7(12)13/h1H3,(H2,10,11)(H,12,13). The number of carboxylic acids is 1. The van der Waals surface area contributed by atoms with Gasteiger partial charge in [-0.05, 0) is 6.26 Å². The third-order valence-corrected chi connectivity index (χ3v) is 2.57. The first-order chi connectivity index (χ1) is 6.49. The minimum Gasteiger partial charge on any atom is -0.476 e. The Morgan fingerprint density at radius 3 is 2.71 bits per heavy atom. The number of aromatic carboxylic acids is 1. The SMILES string of the molecule is CSc1c(C(=O)O)nc(Cl)c(F)c1N. The van der Waals surface area contributed by atoms with Crippen LogP contribution in [0.3, 0.4) is 0 Å². The Morgan fingerprint density at radius 1 is 1.71 bits per heavy atom. The largest absolute Gasteiger partial charge is 0.476 e. The van der Waals surface area contributed by atoms with E-state index >= 15 is 0 Å². The first-order valence-electron chi connectivity index (χ1n) is 3.40. The van der Waals surface area contributed by atoms with Gasteiger partial charge >= 0.3 is 5.97 Å². The first-order valence-corrected chi connectivity index (χ1v) is 5.01. The number of aromatic nitrogens is 1. The molecule has 0 atom stereocenters. The van der Waals surface area contributed by atoms with Gasteiger partial charge in [0.1, 0.15) is 0 Å². The number of carbonyl (C=O) groups is 1. The summed E-state index contributed by atoms with van der Waals surface area (Å²) in [6, 6.07) is 0. The fourth-order valence-electron chi connectivity index (χ4n) is 0.888. The molecule has 0 fully saturated rings. The van der Waals surface area contributed by atoms with E-state index in [0.717, 1.165) is 11.8 Å². The summed E-state index contributed by atoms with van der Waals surface area (Å²) < 4.78 is 13.1. The second-order valence-electron chi connectivity index (χ2n) is 2.32. The van der Waals surface area contributed by atoms with E-state index in [1.165, 1.54) is 0 Å². The second-order valence-corrected chi connectivity index (χ2v) is 3.49. The number of thioether (sulfide) groups is 1. The topological polar surface area (TPSA) is 76.2 Å². The highest BCUT2D eigenvalue weighted by Gasteiger charge is 2.20. The quantitative estimate of drug-likeness (QED) is 0.606. The predicted octanol–water partition coefficient (Wildman–Crippen LogP) is 1.88. The Kier molecular flexibility index (Phi) is 3.17. The summed E-state index contributed by atoms with van der Waals surface area (Å²) in [6.45, 7) is 0. The van der Waals surface area contributed by atoms with Gasteiger partial charge in [-0.1, -0.05) is 11.6 Å². The van der Waals surface area contributed by atoms with Crippen molar-refractivity contribution in [3.63, 3.8) is 0 Å². The van der Waals surface area contributed by atoms with Crippen LogP contribution in [0, 0.1) is 5.82 Å². The maximum Gasteiger partial charge on any atom is 0.355 e.